The number of nitrogens with one attached hydrogen (secondary N) is 1. The van der Waals surface area contributed by atoms with Gasteiger partial charge in [0.25, 0.3) is 0 Å². The maximum Gasteiger partial charge on any atom is 0.201 e. The molecule has 3 unspecified atom stereocenters. The van der Waals surface area contributed by atoms with Gasteiger partial charge < -0.3 is 25.7 Å². The number of rotatable bonds is 16. The molecule has 7 nitrogen and oxygen atoms in total. The van der Waals surface area contributed by atoms with Gasteiger partial charge in [-0.15, -0.1) is 0 Å². The molecule has 0 amide bonds. The van der Waals surface area contributed by atoms with Crippen LogP contribution in [0, 0.1) is 23.4 Å². The predicted octanol–water partition coefficient (Wildman–Crippen LogP) is 6.54. The average molecular weight is 592 g/mol. The van der Waals surface area contributed by atoms with Crippen molar-refractivity contribution in [2.24, 2.45) is 5.92 Å². The molecule has 1 aliphatic rings. The summed E-state index contributed by atoms with van der Waals surface area (Å²) in [4.78, 5) is 26.3. The molecule has 0 saturated carbocycles. The summed E-state index contributed by atoms with van der Waals surface area (Å²) in [6.07, 6.45) is 13.4. The van der Waals surface area contributed by atoms with Crippen LogP contribution in [0.5, 0.6) is 11.5 Å². The molecule has 2 aromatic rings. The van der Waals surface area contributed by atoms with Crippen LogP contribution in [0.2, 0.25) is 0 Å². The van der Waals surface area contributed by atoms with Gasteiger partial charge in [0, 0.05) is 0 Å². The van der Waals surface area contributed by atoms with Crippen LogP contribution in [-0.4, -0.2) is 50.7 Å². The van der Waals surface area contributed by atoms with Crippen LogP contribution >= 0.6 is 0 Å². The molecule has 1 aliphatic carbocycles. The standard InChI is InChI=1S/C32H40F3NO6/c1-3-4-5-6-7-8-9-10-11-12-18(2)13-14-20(38)19(17-37)36-30-26-25(27(33)28(34)29(30)35)31(41)23-21(39)15-16-22(40)24(23)32(26)42/h13-16,18-20,36-40H,3-12,17H2,1-2H3/b14-13+. The first-order valence-corrected chi connectivity index (χ1v) is 14.6. The number of carbonyl (C=O) groups is 2. The van der Waals surface area contributed by atoms with Gasteiger partial charge in [-0.2, -0.15) is 0 Å². The first-order chi connectivity index (χ1) is 20.0. The number of benzene rings is 2. The second-order valence-electron chi connectivity index (χ2n) is 11.0. The second-order valence-corrected chi connectivity index (χ2v) is 11.0. The Balaban J connectivity index is 1.72. The second kappa shape index (κ2) is 15.2. The summed E-state index contributed by atoms with van der Waals surface area (Å²) in [5, 5.41) is 43.3. The number of hydrogen-bond acceptors (Lipinski definition) is 7. The van der Waals surface area contributed by atoms with Gasteiger partial charge in [0.2, 0.25) is 11.6 Å². The van der Waals surface area contributed by atoms with Crippen molar-refractivity contribution >= 4 is 17.3 Å². The molecule has 0 bridgehead atoms. The number of phenols is 2. The molecule has 0 spiro atoms. The molecule has 3 atom stereocenters. The Morgan fingerprint density at radius 2 is 1.29 bits per heavy atom. The third-order valence-corrected chi connectivity index (χ3v) is 7.73. The Morgan fingerprint density at radius 1 is 0.762 bits per heavy atom. The van der Waals surface area contributed by atoms with Crippen LogP contribution in [0.15, 0.2) is 24.3 Å². The van der Waals surface area contributed by atoms with Crippen molar-refractivity contribution in [2.45, 2.75) is 90.2 Å². The molecule has 2 aromatic carbocycles. The van der Waals surface area contributed by atoms with Crippen LogP contribution in [0.25, 0.3) is 0 Å². The van der Waals surface area contributed by atoms with Crippen molar-refractivity contribution in [1.29, 1.82) is 0 Å². The van der Waals surface area contributed by atoms with Gasteiger partial charge >= 0.3 is 0 Å². The van der Waals surface area contributed by atoms with Crippen molar-refractivity contribution in [3.63, 3.8) is 0 Å². The third kappa shape index (κ3) is 7.33. The predicted molar refractivity (Wildman–Crippen MR) is 154 cm³/mol. The fourth-order valence-corrected chi connectivity index (χ4v) is 5.26. The lowest BCUT2D eigenvalue weighted by atomic mass is 9.81. The number of phenolic OH excluding ortho intramolecular Hbond substituents is 2. The number of unbranched alkanes of at least 4 members (excludes halogenated alkanes) is 8. The summed E-state index contributed by atoms with van der Waals surface area (Å²) in [5.41, 5.74) is -4.45. The van der Waals surface area contributed by atoms with E-state index in [2.05, 4.69) is 12.2 Å². The number of carbonyl (C=O) groups excluding carboxylic acids is 2. The molecule has 5 N–H and O–H groups in total. The lowest BCUT2D eigenvalue weighted by molar-refractivity contribution is 0.0969. The van der Waals surface area contributed by atoms with Gasteiger partial charge in [-0.25, -0.2) is 13.2 Å². The van der Waals surface area contributed by atoms with Crippen LogP contribution < -0.4 is 5.32 Å². The van der Waals surface area contributed by atoms with Gasteiger partial charge in [-0.3, -0.25) is 9.59 Å². The number of anilines is 1. The summed E-state index contributed by atoms with van der Waals surface area (Å²) in [5.74, 6) is -9.82. The average Bonchev–Trinajstić information content (AvgIpc) is 2.97. The molecular formula is C32H40F3NO6. The third-order valence-electron chi connectivity index (χ3n) is 7.73. The molecule has 42 heavy (non-hydrogen) atoms. The van der Waals surface area contributed by atoms with E-state index in [-0.39, 0.29) is 5.92 Å². The maximum absolute atomic E-state index is 15.1. The number of halogens is 3. The maximum atomic E-state index is 15.1. The Bertz CT molecular complexity index is 1310. The van der Waals surface area contributed by atoms with Crippen LogP contribution in [0.1, 0.15) is 110 Å². The van der Waals surface area contributed by atoms with Gasteiger partial charge in [0.1, 0.15) is 11.5 Å². The molecule has 0 saturated heterocycles. The Morgan fingerprint density at radius 3 is 1.83 bits per heavy atom. The Hall–Kier alpha value is -3.37. The first-order valence-electron chi connectivity index (χ1n) is 14.6. The van der Waals surface area contributed by atoms with E-state index in [0.29, 0.717) is 0 Å². The fraction of sp³-hybridized carbons (Fsp3) is 0.500. The van der Waals surface area contributed by atoms with E-state index < -0.39 is 87.2 Å². The van der Waals surface area contributed by atoms with E-state index in [4.69, 9.17) is 0 Å². The van der Waals surface area contributed by atoms with E-state index in [1.54, 1.807) is 6.08 Å². The first kappa shape index (κ1) is 33.1. The molecule has 0 aliphatic heterocycles. The molecule has 0 radical (unpaired) electrons. The normalized spacial score (nSPS) is 15.0. The van der Waals surface area contributed by atoms with Crippen LogP contribution in [0.3, 0.4) is 0 Å². The SMILES string of the molecule is CCCCCCCCCCCC(C)/C=C/C(O)C(CO)Nc1c(F)c(F)c(F)c2c1C(=O)c1c(O)ccc(O)c1C2=O. The Kier molecular flexibility index (Phi) is 12.0. The number of hydrogen-bond donors (Lipinski definition) is 5. The largest absolute Gasteiger partial charge is 0.507 e. The van der Waals surface area contributed by atoms with Crippen molar-refractivity contribution in [3.05, 3.63) is 64.0 Å². The highest BCUT2D eigenvalue weighted by atomic mass is 19.2. The minimum atomic E-state index is -2.06. The van der Waals surface area contributed by atoms with Crippen LogP contribution in [0.4, 0.5) is 18.9 Å². The summed E-state index contributed by atoms with van der Waals surface area (Å²) in [6, 6.07) is 0.461. The van der Waals surface area contributed by atoms with Gasteiger partial charge in [0.05, 0.1) is 46.7 Å². The molecule has 3 rings (SSSR count). The lowest BCUT2D eigenvalue weighted by Gasteiger charge is -2.27. The lowest BCUT2D eigenvalue weighted by Crippen LogP contribution is -2.37. The number of aliphatic hydroxyl groups excluding tert-OH is 2. The Labute approximate surface area is 244 Å². The number of allylic oxidation sites excluding steroid dienone is 1. The molecular weight excluding hydrogens is 551 g/mol. The summed E-state index contributed by atoms with van der Waals surface area (Å²) in [6.45, 7) is 3.36. The highest BCUT2D eigenvalue weighted by molar-refractivity contribution is 6.32. The zero-order valence-corrected chi connectivity index (χ0v) is 24.1. The monoisotopic (exact) mass is 591 g/mol. The number of aromatic hydroxyl groups is 2. The summed E-state index contributed by atoms with van der Waals surface area (Å²) in [7, 11) is 0. The van der Waals surface area contributed by atoms with Crippen molar-refractivity contribution < 1.29 is 43.2 Å². The smallest absolute Gasteiger partial charge is 0.201 e. The molecule has 230 valence electrons. The number of aliphatic hydroxyl groups is 2. The highest BCUT2D eigenvalue weighted by Crippen LogP contribution is 2.42. The van der Waals surface area contributed by atoms with Crippen molar-refractivity contribution in [1.82, 2.24) is 0 Å². The van der Waals surface area contributed by atoms with Gasteiger partial charge in [-0.1, -0.05) is 83.8 Å². The number of ketones is 2. The summed E-state index contributed by atoms with van der Waals surface area (Å²) >= 11 is 0. The van der Waals surface area contributed by atoms with E-state index in [9.17, 15) is 38.8 Å². The minimum Gasteiger partial charge on any atom is -0.507 e. The zero-order chi connectivity index (χ0) is 31.0. The van der Waals surface area contributed by atoms with E-state index >= 15 is 4.39 Å². The quantitative estimate of drug-likeness (QED) is 0.0554. The van der Waals surface area contributed by atoms with Gasteiger partial charge in [0.15, 0.2) is 17.5 Å². The zero-order valence-electron chi connectivity index (χ0n) is 24.1. The fourth-order valence-electron chi connectivity index (χ4n) is 5.26. The van der Waals surface area contributed by atoms with Crippen molar-refractivity contribution in [3.8, 4) is 11.5 Å². The highest BCUT2D eigenvalue weighted by Gasteiger charge is 2.42. The van der Waals surface area contributed by atoms with Gasteiger partial charge in [-0.05, 0) is 24.5 Å². The van der Waals surface area contributed by atoms with E-state index in [1.165, 1.54) is 44.6 Å². The molecule has 0 heterocycles. The van der Waals surface area contributed by atoms with Crippen LogP contribution in [-0.2, 0) is 0 Å². The number of fused-ring (bicyclic) bond motifs is 2. The van der Waals surface area contributed by atoms with E-state index in [1.807, 2.05) is 6.92 Å². The molecule has 10 heteroatoms. The summed E-state index contributed by atoms with van der Waals surface area (Å²) < 4.78 is 44.5. The van der Waals surface area contributed by atoms with E-state index in [0.717, 1.165) is 37.8 Å². The minimum absolute atomic E-state index is 0.0858. The van der Waals surface area contributed by atoms with Crippen molar-refractivity contribution in [2.75, 3.05) is 11.9 Å². The molecule has 0 aromatic heterocycles. The topological polar surface area (TPSA) is 127 Å². The molecule has 0 fully saturated rings.